The average Bonchev–Trinajstić information content (AvgIpc) is 3.35. The maximum Gasteiger partial charge on any atom is 0.254 e. The lowest BCUT2D eigenvalue weighted by atomic mass is 9.95. The summed E-state index contributed by atoms with van der Waals surface area (Å²) in [5, 5.41) is 8.20. The first-order valence-corrected chi connectivity index (χ1v) is 10.3. The van der Waals surface area contributed by atoms with Crippen molar-refractivity contribution >= 4 is 22.8 Å². The Hall–Kier alpha value is -3.16. The van der Waals surface area contributed by atoms with Gasteiger partial charge < -0.3 is 14.6 Å². The lowest BCUT2D eigenvalue weighted by Crippen LogP contribution is -2.44. The Morgan fingerprint density at radius 2 is 2.00 bits per heavy atom. The molecule has 158 valence electrons. The van der Waals surface area contributed by atoms with Crippen LogP contribution in [0.15, 0.2) is 28.9 Å². The topological polar surface area (TPSA) is 93.3 Å². The summed E-state index contributed by atoms with van der Waals surface area (Å²) < 4.78 is 7.20. The SMILES string of the molecule is Cc1nn(C)c2nc(-c3ccco3)cc(C(=O)N3CCC(C(=O)NC(C)C)CC3)c12. The smallest absolute Gasteiger partial charge is 0.254 e. The Morgan fingerprint density at radius 3 is 2.63 bits per heavy atom. The molecule has 0 spiro atoms. The zero-order chi connectivity index (χ0) is 21.4. The van der Waals surface area contributed by atoms with Gasteiger partial charge in [-0.3, -0.25) is 14.3 Å². The van der Waals surface area contributed by atoms with E-state index in [-0.39, 0.29) is 23.8 Å². The fourth-order valence-corrected chi connectivity index (χ4v) is 4.08. The molecule has 0 atom stereocenters. The van der Waals surface area contributed by atoms with Crippen molar-refractivity contribution in [3.8, 4) is 11.5 Å². The second kappa shape index (κ2) is 7.93. The van der Waals surface area contributed by atoms with E-state index in [2.05, 4.69) is 15.4 Å². The van der Waals surface area contributed by atoms with Crippen molar-refractivity contribution < 1.29 is 14.0 Å². The van der Waals surface area contributed by atoms with E-state index in [1.807, 2.05) is 38.8 Å². The van der Waals surface area contributed by atoms with Crippen molar-refractivity contribution in [2.45, 2.75) is 39.7 Å². The van der Waals surface area contributed by atoms with Crippen LogP contribution in [-0.4, -0.2) is 50.6 Å². The molecule has 0 aliphatic carbocycles. The number of carbonyl (C=O) groups excluding carboxylic acids is 2. The number of rotatable bonds is 4. The highest BCUT2D eigenvalue weighted by molar-refractivity contribution is 6.07. The highest BCUT2D eigenvalue weighted by Crippen LogP contribution is 2.29. The number of nitrogens with one attached hydrogen (secondary N) is 1. The normalized spacial score (nSPS) is 15.2. The summed E-state index contributed by atoms with van der Waals surface area (Å²) in [7, 11) is 1.82. The van der Waals surface area contributed by atoms with E-state index in [9.17, 15) is 9.59 Å². The lowest BCUT2D eigenvalue weighted by Gasteiger charge is -2.32. The first kappa shape index (κ1) is 20.1. The Kier molecular flexibility index (Phi) is 5.32. The van der Waals surface area contributed by atoms with Gasteiger partial charge in [-0.25, -0.2) is 4.98 Å². The van der Waals surface area contributed by atoms with Gasteiger partial charge in [-0.15, -0.1) is 0 Å². The molecule has 1 fully saturated rings. The molecular formula is C22H27N5O3. The number of aromatic nitrogens is 3. The number of hydrogen-bond donors (Lipinski definition) is 1. The quantitative estimate of drug-likeness (QED) is 0.715. The molecule has 8 nitrogen and oxygen atoms in total. The third-order valence-electron chi connectivity index (χ3n) is 5.56. The van der Waals surface area contributed by atoms with Gasteiger partial charge in [0.25, 0.3) is 5.91 Å². The second-order valence-electron chi connectivity index (χ2n) is 8.17. The van der Waals surface area contributed by atoms with E-state index in [1.54, 1.807) is 23.1 Å². The van der Waals surface area contributed by atoms with Gasteiger partial charge in [0.2, 0.25) is 5.91 Å². The van der Waals surface area contributed by atoms with Crippen LogP contribution in [0.3, 0.4) is 0 Å². The second-order valence-corrected chi connectivity index (χ2v) is 8.17. The predicted octanol–water partition coefficient (Wildman–Crippen LogP) is 2.91. The summed E-state index contributed by atoms with van der Waals surface area (Å²) in [4.78, 5) is 32.3. The predicted molar refractivity (Wildman–Crippen MR) is 113 cm³/mol. The van der Waals surface area contributed by atoms with Gasteiger partial charge >= 0.3 is 0 Å². The number of nitrogens with zero attached hydrogens (tertiary/aromatic N) is 4. The van der Waals surface area contributed by atoms with Crippen molar-refractivity contribution in [3.05, 3.63) is 35.7 Å². The van der Waals surface area contributed by atoms with Gasteiger partial charge in [-0.2, -0.15) is 5.10 Å². The summed E-state index contributed by atoms with van der Waals surface area (Å²) in [6.45, 7) is 6.90. The molecule has 0 unspecified atom stereocenters. The van der Waals surface area contributed by atoms with E-state index in [4.69, 9.17) is 4.42 Å². The minimum atomic E-state index is -0.0611. The number of amides is 2. The molecule has 0 radical (unpaired) electrons. The van der Waals surface area contributed by atoms with Crippen LogP contribution in [0.2, 0.25) is 0 Å². The molecule has 1 aliphatic rings. The summed E-state index contributed by atoms with van der Waals surface area (Å²) in [6.07, 6.45) is 2.91. The first-order valence-electron chi connectivity index (χ1n) is 10.3. The van der Waals surface area contributed by atoms with Gasteiger partial charge in [-0.1, -0.05) is 0 Å². The fraction of sp³-hybridized carbons (Fsp3) is 0.455. The van der Waals surface area contributed by atoms with E-state index in [0.29, 0.717) is 48.6 Å². The van der Waals surface area contributed by atoms with Crippen LogP contribution in [0.1, 0.15) is 42.7 Å². The van der Waals surface area contributed by atoms with Crippen LogP contribution in [0, 0.1) is 12.8 Å². The third kappa shape index (κ3) is 3.69. The van der Waals surface area contributed by atoms with Crippen LogP contribution in [0.25, 0.3) is 22.5 Å². The maximum atomic E-state index is 13.5. The molecule has 4 rings (SSSR count). The molecule has 30 heavy (non-hydrogen) atoms. The number of fused-ring (bicyclic) bond motifs is 1. The highest BCUT2D eigenvalue weighted by Gasteiger charge is 2.30. The van der Waals surface area contributed by atoms with Crippen LogP contribution in [0.5, 0.6) is 0 Å². The van der Waals surface area contributed by atoms with Crippen molar-refractivity contribution in [1.29, 1.82) is 0 Å². The lowest BCUT2D eigenvalue weighted by molar-refractivity contribution is -0.126. The van der Waals surface area contributed by atoms with Crippen LogP contribution < -0.4 is 5.32 Å². The molecule has 8 heteroatoms. The van der Waals surface area contributed by atoms with Gasteiger partial charge in [-0.05, 0) is 51.8 Å². The summed E-state index contributed by atoms with van der Waals surface area (Å²) >= 11 is 0. The Bertz CT molecular complexity index is 1080. The third-order valence-corrected chi connectivity index (χ3v) is 5.56. The van der Waals surface area contributed by atoms with E-state index < -0.39 is 0 Å². The van der Waals surface area contributed by atoms with Crippen molar-refractivity contribution in [2.24, 2.45) is 13.0 Å². The number of furan rings is 1. The average molecular weight is 409 g/mol. The maximum absolute atomic E-state index is 13.5. The Labute approximate surface area is 175 Å². The van der Waals surface area contributed by atoms with E-state index in [1.165, 1.54) is 0 Å². The number of hydrogen-bond acceptors (Lipinski definition) is 5. The van der Waals surface area contributed by atoms with Crippen LogP contribution in [0.4, 0.5) is 0 Å². The first-order chi connectivity index (χ1) is 14.3. The standard InChI is InChI=1S/C22H27N5O3/c1-13(2)23-21(28)15-7-9-27(10-8-15)22(29)16-12-17(18-6-5-11-30-18)24-20-19(16)14(3)25-26(20)4/h5-6,11-13,15H,7-10H2,1-4H3,(H,23,28). The molecule has 0 saturated carbocycles. The summed E-state index contributed by atoms with van der Waals surface area (Å²) in [5.74, 6) is 0.571. The monoisotopic (exact) mass is 409 g/mol. The van der Waals surface area contributed by atoms with Crippen molar-refractivity contribution in [1.82, 2.24) is 25.0 Å². The minimum absolute atomic E-state index is 0.0484. The molecule has 1 saturated heterocycles. The van der Waals surface area contributed by atoms with Crippen molar-refractivity contribution in [3.63, 3.8) is 0 Å². The largest absolute Gasteiger partial charge is 0.463 e. The number of pyridine rings is 1. The van der Waals surface area contributed by atoms with E-state index in [0.717, 1.165) is 11.1 Å². The van der Waals surface area contributed by atoms with Gasteiger partial charge in [0.1, 0.15) is 5.69 Å². The van der Waals surface area contributed by atoms with Crippen LogP contribution in [-0.2, 0) is 11.8 Å². The highest BCUT2D eigenvalue weighted by atomic mass is 16.3. The summed E-state index contributed by atoms with van der Waals surface area (Å²) in [5.41, 5.74) is 2.59. The zero-order valence-corrected chi connectivity index (χ0v) is 17.8. The van der Waals surface area contributed by atoms with E-state index >= 15 is 0 Å². The minimum Gasteiger partial charge on any atom is -0.463 e. The molecule has 0 aromatic carbocycles. The van der Waals surface area contributed by atoms with Gasteiger partial charge in [0, 0.05) is 32.1 Å². The molecule has 4 heterocycles. The molecule has 2 amide bonds. The molecule has 3 aromatic heterocycles. The number of likely N-dealkylation sites (tertiary alicyclic amines) is 1. The molecule has 0 bridgehead atoms. The van der Waals surface area contributed by atoms with Gasteiger partial charge in [0.15, 0.2) is 11.4 Å². The van der Waals surface area contributed by atoms with Crippen molar-refractivity contribution in [2.75, 3.05) is 13.1 Å². The Morgan fingerprint density at radius 1 is 1.27 bits per heavy atom. The van der Waals surface area contributed by atoms with Crippen LogP contribution >= 0.6 is 0 Å². The Balaban J connectivity index is 1.63. The molecule has 1 aliphatic heterocycles. The van der Waals surface area contributed by atoms with Gasteiger partial charge in [0.05, 0.1) is 22.9 Å². The number of piperidine rings is 1. The number of aryl methyl sites for hydroxylation is 2. The number of carbonyl (C=O) groups is 2. The summed E-state index contributed by atoms with van der Waals surface area (Å²) in [6, 6.07) is 5.53. The zero-order valence-electron chi connectivity index (χ0n) is 17.8. The molecule has 1 N–H and O–H groups in total. The molecular weight excluding hydrogens is 382 g/mol. The fourth-order valence-electron chi connectivity index (χ4n) is 4.08. The molecule has 3 aromatic rings.